The second-order valence-corrected chi connectivity index (χ2v) is 10.4. The highest BCUT2D eigenvalue weighted by molar-refractivity contribution is 7.80. The fraction of sp³-hybridized carbons (Fsp3) is 0.276. The van der Waals surface area contributed by atoms with Gasteiger partial charge < -0.3 is 24.8 Å². The Morgan fingerprint density at radius 2 is 1.49 bits per heavy atom. The monoisotopic (exact) mass is 601 g/mol. The third-order valence-corrected chi connectivity index (χ3v) is 7.22. The van der Waals surface area contributed by atoms with E-state index in [1.807, 2.05) is 19.1 Å². The molecule has 3 rings (SSSR count). The Balaban J connectivity index is 1.88. The SMILES string of the molecule is CCCCCNC(=O)C(Cc1ccc(OC(C(=O)O)C(=O)O)cc1)N(c1ccc(-c2ccc(Cl)cc2)cc1)S(=O)[O-]. The van der Waals surface area contributed by atoms with Gasteiger partial charge in [0.25, 0.3) is 6.10 Å². The molecule has 41 heavy (non-hydrogen) atoms. The van der Waals surface area contributed by atoms with Crippen LogP contribution in [0.15, 0.2) is 72.8 Å². The van der Waals surface area contributed by atoms with Crippen LogP contribution in [0.4, 0.5) is 5.69 Å². The number of nitrogens with one attached hydrogen (secondary N) is 1. The highest BCUT2D eigenvalue weighted by atomic mass is 35.5. The average Bonchev–Trinajstić information content (AvgIpc) is 2.94. The Morgan fingerprint density at radius 1 is 0.927 bits per heavy atom. The van der Waals surface area contributed by atoms with Crippen molar-refractivity contribution in [2.45, 2.75) is 44.8 Å². The molecule has 2 atom stereocenters. The second kappa shape index (κ2) is 15.2. The van der Waals surface area contributed by atoms with Crippen molar-refractivity contribution in [1.29, 1.82) is 0 Å². The molecule has 0 aromatic heterocycles. The van der Waals surface area contributed by atoms with Crippen molar-refractivity contribution in [2.75, 3.05) is 10.8 Å². The van der Waals surface area contributed by atoms with Gasteiger partial charge in [0.1, 0.15) is 11.8 Å². The van der Waals surface area contributed by atoms with Crippen LogP contribution in [-0.2, 0) is 32.1 Å². The van der Waals surface area contributed by atoms with Gasteiger partial charge in [-0.1, -0.05) is 67.8 Å². The summed E-state index contributed by atoms with van der Waals surface area (Å²) >= 11 is 3.16. The number of hydrogen-bond acceptors (Lipinski definition) is 6. The average molecular weight is 602 g/mol. The lowest BCUT2D eigenvalue weighted by atomic mass is 10.0. The first-order valence-electron chi connectivity index (χ1n) is 12.8. The lowest BCUT2D eigenvalue weighted by molar-refractivity contribution is -0.159. The number of nitrogens with zero attached hydrogens (tertiary/aromatic N) is 1. The molecule has 10 nitrogen and oxygen atoms in total. The minimum absolute atomic E-state index is 0.00818. The molecule has 0 aliphatic carbocycles. The molecule has 0 spiro atoms. The van der Waals surface area contributed by atoms with E-state index in [1.54, 1.807) is 36.4 Å². The van der Waals surface area contributed by atoms with Crippen LogP contribution >= 0.6 is 11.6 Å². The summed E-state index contributed by atoms with van der Waals surface area (Å²) in [5.41, 5.74) is 2.55. The first-order valence-corrected chi connectivity index (χ1v) is 14.2. The number of rotatable bonds is 15. The third kappa shape index (κ3) is 9.04. The molecule has 0 heterocycles. The summed E-state index contributed by atoms with van der Waals surface area (Å²) in [6, 6.07) is 18.5. The van der Waals surface area contributed by atoms with Crippen molar-refractivity contribution in [3.8, 4) is 16.9 Å². The number of amides is 1. The molecule has 12 heteroatoms. The quantitative estimate of drug-likeness (QED) is 0.131. The molecule has 218 valence electrons. The van der Waals surface area contributed by atoms with E-state index in [0.717, 1.165) is 34.7 Å². The number of unbranched alkanes of at least 4 members (excludes halogenated alkanes) is 2. The minimum Gasteiger partial charge on any atom is -0.755 e. The number of aliphatic carboxylic acids is 2. The smallest absolute Gasteiger partial charge is 0.356 e. The maximum atomic E-state index is 13.3. The largest absolute Gasteiger partial charge is 0.755 e. The Morgan fingerprint density at radius 3 is 2.00 bits per heavy atom. The van der Waals surface area contributed by atoms with Crippen molar-refractivity contribution < 1.29 is 38.1 Å². The van der Waals surface area contributed by atoms with E-state index in [9.17, 15) is 23.1 Å². The van der Waals surface area contributed by atoms with Crippen LogP contribution in [0.3, 0.4) is 0 Å². The summed E-state index contributed by atoms with van der Waals surface area (Å²) in [7, 11) is 0. The standard InChI is InChI=1S/C29H31ClN2O8S/c1-2-3-4-17-31-27(33)25(18-19-5-15-24(16-6-19)40-26(28(34)35)29(36)37)32(41(38)39)23-13-9-21(10-14-23)20-7-11-22(30)12-8-20/h5-16,25-26H,2-4,17-18H2,1H3,(H,31,33)(H,34,35)(H,36,37)(H,38,39)/p-1. The fourth-order valence-corrected chi connectivity index (χ4v) is 4.87. The van der Waals surface area contributed by atoms with Crippen LogP contribution in [0.25, 0.3) is 11.1 Å². The Kier molecular flexibility index (Phi) is 11.7. The number of benzene rings is 3. The highest BCUT2D eigenvalue weighted by Crippen LogP contribution is 2.27. The predicted molar refractivity (Wildman–Crippen MR) is 154 cm³/mol. The molecule has 3 aromatic rings. The number of carboxylic acids is 2. The molecule has 0 saturated heterocycles. The number of halogens is 1. The molecule has 2 unspecified atom stereocenters. The Hall–Kier alpha value is -3.93. The molecule has 1 amide bonds. The Labute approximate surface area is 245 Å². The van der Waals surface area contributed by atoms with Gasteiger partial charge in [-0.15, -0.1) is 0 Å². The lowest BCUT2D eigenvalue weighted by Crippen LogP contribution is -2.49. The number of ether oxygens (including phenoxy) is 1. The summed E-state index contributed by atoms with van der Waals surface area (Å²) in [5.74, 6) is -3.80. The van der Waals surface area contributed by atoms with E-state index in [2.05, 4.69) is 5.32 Å². The van der Waals surface area contributed by atoms with E-state index < -0.39 is 41.3 Å². The van der Waals surface area contributed by atoms with Crippen molar-refractivity contribution in [2.24, 2.45) is 0 Å². The van der Waals surface area contributed by atoms with Crippen LogP contribution in [0.5, 0.6) is 5.75 Å². The van der Waals surface area contributed by atoms with Crippen molar-refractivity contribution in [3.63, 3.8) is 0 Å². The first kappa shape index (κ1) is 31.6. The number of carbonyl (C=O) groups excluding carboxylic acids is 1. The number of carboxylic acid groups (broad SMARTS) is 2. The van der Waals surface area contributed by atoms with E-state index in [1.165, 1.54) is 24.3 Å². The molecular formula is C29H30ClN2O8S-. The van der Waals surface area contributed by atoms with E-state index in [-0.39, 0.29) is 17.9 Å². The van der Waals surface area contributed by atoms with Crippen LogP contribution in [0, 0.1) is 0 Å². The predicted octanol–water partition coefficient (Wildman–Crippen LogP) is 4.44. The summed E-state index contributed by atoms with van der Waals surface area (Å²) in [6.07, 6.45) is 0.495. The van der Waals surface area contributed by atoms with Gasteiger partial charge in [0.15, 0.2) is 0 Å². The number of anilines is 1. The maximum Gasteiger partial charge on any atom is 0.356 e. The number of hydrogen-bond donors (Lipinski definition) is 3. The Bertz CT molecular complexity index is 1340. The maximum absolute atomic E-state index is 13.3. The number of carbonyl (C=O) groups is 3. The zero-order valence-electron chi connectivity index (χ0n) is 22.2. The summed E-state index contributed by atoms with van der Waals surface area (Å²) in [4.78, 5) is 35.6. The fourth-order valence-electron chi connectivity index (χ4n) is 4.07. The summed E-state index contributed by atoms with van der Waals surface area (Å²) < 4.78 is 31.1. The van der Waals surface area contributed by atoms with E-state index in [0.29, 0.717) is 17.1 Å². The van der Waals surface area contributed by atoms with Gasteiger partial charge in [-0.05, 0) is 59.5 Å². The van der Waals surface area contributed by atoms with E-state index >= 15 is 0 Å². The van der Waals surface area contributed by atoms with Crippen LogP contribution < -0.4 is 14.4 Å². The molecule has 0 aliphatic heterocycles. The topological polar surface area (TPSA) is 156 Å². The van der Waals surface area contributed by atoms with Crippen LogP contribution in [-0.4, -0.2) is 55.5 Å². The van der Waals surface area contributed by atoms with Gasteiger partial charge in [0.2, 0.25) is 5.91 Å². The van der Waals surface area contributed by atoms with Gasteiger partial charge in [-0.25, -0.2) is 9.59 Å². The van der Waals surface area contributed by atoms with Gasteiger partial charge in [-0.2, -0.15) is 0 Å². The highest BCUT2D eigenvalue weighted by Gasteiger charge is 2.29. The van der Waals surface area contributed by atoms with Gasteiger partial charge in [0, 0.05) is 34.9 Å². The molecule has 3 aromatic carbocycles. The summed E-state index contributed by atoms with van der Waals surface area (Å²) in [5, 5.41) is 21.5. The van der Waals surface area contributed by atoms with Crippen molar-refractivity contribution >= 4 is 46.4 Å². The molecule has 3 N–H and O–H groups in total. The van der Waals surface area contributed by atoms with Crippen LogP contribution in [0.2, 0.25) is 5.02 Å². The zero-order valence-corrected chi connectivity index (χ0v) is 23.8. The molecule has 0 radical (unpaired) electrons. The third-order valence-electron chi connectivity index (χ3n) is 6.18. The van der Waals surface area contributed by atoms with Crippen molar-refractivity contribution in [3.05, 3.63) is 83.4 Å². The molecule has 0 bridgehead atoms. The molecule has 0 saturated carbocycles. The molecule has 0 aliphatic rings. The first-order chi connectivity index (χ1) is 19.6. The molecule has 0 fully saturated rings. The van der Waals surface area contributed by atoms with Gasteiger partial charge in [0.05, 0.1) is 0 Å². The van der Waals surface area contributed by atoms with E-state index in [4.69, 9.17) is 26.6 Å². The lowest BCUT2D eigenvalue weighted by Gasteiger charge is -2.34. The second-order valence-electron chi connectivity index (χ2n) is 9.13. The molecular weight excluding hydrogens is 572 g/mol. The van der Waals surface area contributed by atoms with Gasteiger partial charge in [-0.3, -0.25) is 13.3 Å². The summed E-state index contributed by atoms with van der Waals surface area (Å²) in [6.45, 7) is 2.42. The van der Waals surface area contributed by atoms with Crippen LogP contribution in [0.1, 0.15) is 31.7 Å². The zero-order chi connectivity index (χ0) is 29.9. The van der Waals surface area contributed by atoms with Crippen molar-refractivity contribution in [1.82, 2.24) is 5.32 Å². The van der Waals surface area contributed by atoms with Gasteiger partial charge >= 0.3 is 11.9 Å². The minimum atomic E-state index is -2.81. The normalized spacial score (nSPS) is 12.4.